The Balaban J connectivity index is 1.18. The van der Waals surface area contributed by atoms with Gasteiger partial charge in [-0.1, -0.05) is 72.8 Å². The van der Waals surface area contributed by atoms with Crippen molar-refractivity contribution in [3.05, 3.63) is 154 Å². The summed E-state index contributed by atoms with van der Waals surface area (Å²) in [6.07, 6.45) is 12.6. The Morgan fingerprint density at radius 2 is 1.38 bits per heavy atom. The van der Waals surface area contributed by atoms with Crippen LogP contribution < -0.4 is 0 Å². The highest BCUT2D eigenvalue weighted by Gasteiger charge is 2.25. The number of hydrogen-bond acceptors (Lipinski definition) is 3. The molecular weight excluding hydrogens is 611 g/mol. The van der Waals surface area contributed by atoms with Crippen molar-refractivity contribution in [3.63, 3.8) is 0 Å². The summed E-state index contributed by atoms with van der Waals surface area (Å²) in [7, 11) is 0. The van der Waals surface area contributed by atoms with Gasteiger partial charge in [-0.05, 0) is 103 Å². The van der Waals surface area contributed by atoms with Crippen LogP contribution in [0.5, 0.6) is 0 Å². The number of nitrogens with zero attached hydrogens (tertiary/aromatic N) is 5. The van der Waals surface area contributed by atoms with Gasteiger partial charge in [0.25, 0.3) is 0 Å². The quantitative estimate of drug-likeness (QED) is 0.192. The van der Waals surface area contributed by atoms with Gasteiger partial charge in [0.15, 0.2) is 0 Å². The lowest BCUT2D eigenvalue weighted by Gasteiger charge is -2.19. The third kappa shape index (κ3) is 4.44. The predicted octanol–water partition coefficient (Wildman–Crippen LogP) is 10.4. The first-order chi connectivity index (χ1) is 24.7. The van der Waals surface area contributed by atoms with Gasteiger partial charge in [0.1, 0.15) is 12.1 Å². The molecule has 0 saturated carbocycles. The Morgan fingerprint density at radius 1 is 0.580 bits per heavy atom. The van der Waals surface area contributed by atoms with Gasteiger partial charge in [-0.15, -0.1) is 0 Å². The molecule has 50 heavy (non-hydrogen) atoms. The van der Waals surface area contributed by atoms with E-state index in [0.29, 0.717) is 16.7 Å². The Hall–Kier alpha value is -6.87. The zero-order valence-electron chi connectivity index (χ0n) is 27.2. The molecule has 0 spiro atoms. The number of benzene rings is 5. The van der Waals surface area contributed by atoms with Crippen LogP contribution in [0, 0.1) is 34.0 Å². The second-order valence-electron chi connectivity index (χ2n) is 12.9. The van der Waals surface area contributed by atoms with Gasteiger partial charge < -0.3 is 9.13 Å². The molecule has 2 heterocycles. The van der Waals surface area contributed by atoms with Crippen molar-refractivity contribution in [2.45, 2.75) is 25.7 Å². The van der Waals surface area contributed by atoms with E-state index in [1.165, 1.54) is 22.2 Å². The summed E-state index contributed by atoms with van der Waals surface area (Å²) in [5.41, 5.74) is 14.2. The minimum Gasteiger partial charge on any atom is -0.313 e. The van der Waals surface area contributed by atoms with Crippen LogP contribution in [0.2, 0.25) is 0 Å². The van der Waals surface area contributed by atoms with Crippen LogP contribution in [0.1, 0.15) is 52.0 Å². The van der Waals surface area contributed by atoms with Gasteiger partial charge in [-0.3, -0.25) is 0 Å². The molecule has 0 fully saturated rings. The first kappa shape index (κ1) is 29.3. The van der Waals surface area contributed by atoms with Crippen molar-refractivity contribution in [2.24, 2.45) is 0 Å². The van der Waals surface area contributed by atoms with Crippen LogP contribution in [0.15, 0.2) is 115 Å². The van der Waals surface area contributed by atoms with Gasteiger partial charge in [0.2, 0.25) is 0 Å². The first-order valence-corrected chi connectivity index (χ1v) is 16.9. The highest BCUT2D eigenvalue weighted by atomic mass is 15.0. The van der Waals surface area contributed by atoms with Gasteiger partial charge in [0, 0.05) is 39.0 Å². The average molecular weight is 640 g/mol. The molecule has 9 rings (SSSR count). The largest absolute Gasteiger partial charge is 0.313 e. The molecule has 5 aromatic carbocycles. The van der Waals surface area contributed by atoms with Gasteiger partial charge in [-0.25, -0.2) is 0 Å². The van der Waals surface area contributed by atoms with Crippen molar-refractivity contribution >= 4 is 34.0 Å². The predicted molar refractivity (Wildman–Crippen MR) is 200 cm³/mol. The van der Waals surface area contributed by atoms with E-state index in [1.807, 2.05) is 24.3 Å². The molecule has 2 aliphatic rings. The molecule has 0 unspecified atom stereocenters. The summed E-state index contributed by atoms with van der Waals surface area (Å²) in [4.78, 5) is 0. The summed E-state index contributed by atoms with van der Waals surface area (Å²) in [5.74, 6) is 0. The smallest absolute Gasteiger partial charge is 0.103 e. The fourth-order valence-corrected chi connectivity index (χ4v) is 7.95. The molecule has 2 aromatic heterocycles. The summed E-state index contributed by atoms with van der Waals surface area (Å²) in [5, 5.41) is 32.4. The zero-order chi connectivity index (χ0) is 33.8. The second kappa shape index (κ2) is 11.7. The summed E-state index contributed by atoms with van der Waals surface area (Å²) >= 11 is 0. The van der Waals surface area contributed by atoms with E-state index in [1.54, 1.807) is 6.07 Å². The van der Waals surface area contributed by atoms with Crippen molar-refractivity contribution in [1.82, 2.24) is 9.13 Å². The number of fused-ring (bicyclic) bond motifs is 6. The topological polar surface area (TPSA) is 81.2 Å². The highest BCUT2D eigenvalue weighted by Crippen LogP contribution is 2.41. The maximum atomic E-state index is 10.5. The number of aromatic nitrogens is 2. The number of para-hydroxylation sites is 1. The molecule has 234 valence electrons. The van der Waals surface area contributed by atoms with E-state index in [4.69, 9.17) is 0 Å². The molecular formula is C45H29N5. The molecule has 5 nitrogen and oxygen atoms in total. The van der Waals surface area contributed by atoms with E-state index in [-0.39, 0.29) is 0 Å². The van der Waals surface area contributed by atoms with E-state index in [2.05, 4.69) is 124 Å². The zero-order valence-corrected chi connectivity index (χ0v) is 27.2. The third-order valence-electron chi connectivity index (χ3n) is 10.2. The van der Waals surface area contributed by atoms with Crippen LogP contribution in [0.4, 0.5) is 0 Å². The fraction of sp³-hybridized carbons (Fsp3) is 0.0889. The molecule has 0 aliphatic heterocycles. The molecule has 5 heteroatoms. The van der Waals surface area contributed by atoms with Crippen LogP contribution in [0.3, 0.4) is 0 Å². The number of aryl methyl sites for hydroxylation is 1. The van der Waals surface area contributed by atoms with Crippen molar-refractivity contribution in [1.29, 1.82) is 15.8 Å². The Morgan fingerprint density at radius 3 is 2.22 bits per heavy atom. The van der Waals surface area contributed by atoms with E-state index >= 15 is 0 Å². The van der Waals surface area contributed by atoms with Crippen LogP contribution >= 0.6 is 0 Å². The maximum Gasteiger partial charge on any atom is 0.103 e. The van der Waals surface area contributed by atoms with Crippen LogP contribution in [-0.4, -0.2) is 9.13 Å². The standard InChI is InChI=1S/C45H29N5/c46-26-29-16-23-44-39(24-29)38-12-3-4-13-41(38)49(44)34-20-17-30(18-21-34)31-8-7-9-32(25-31)35-22-19-33(27-47)40(28-48)45(35)50-42-14-5-1-10-36(42)37-11-2-6-15-43(37)50/h1,3,5-10,12,14-25H,2,4,11,13H2. The number of nitriles is 3. The van der Waals surface area contributed by atoms with Gasteiger partial charge in [-0.2, -0.15) is 15.8 Å². The second-order valence-corrected chi connectivity index (χ2v) is 12.9. The molecule has 0 saturated heterocycles. The fourth-order valence-electron chi connectivity index (χ4n) is 7.95. The molecule has 0 atom stereocenters. The summed E-state index contributed by atoms with van der Waals surface area (Å²) in [6, 6.07) is 42.1. The average Bonchev–Trinajstić information content (AvgIpc) is 3.70. The Labute approximate surface area is 290 Å². The van der Waals surface area contributed by atoms with E-state index in [0.717, 1.165) is 81.4 Å². The summed E-state index contributed by atoms with van der Waals surface area (Å²) < 4.78 is 4.52. The molecule has 0 radical (unpaired) electrons. The number of allylic oxidation sites excluding steroid dienone is 2. The maximum absolute atomic E-state index is 10.5. The molecule has 7 aromatic rings. The first-order valence-electron chi connectivity index (χ1n) is 16.9. The van der Waals surface area contributed by atoms with E-state index < -0.39 is 0 Å². The van der Waals surface area contributed by atoms with Crippen molar-refractivity contribution < 1.29 is 0 Å². The van der Waals surface area contributed by atoms with Gasteiger partial charge in [0.05, 0.1) is 39.5 Å². The lowest BCUT2D eigenvalue weighted by molar-refractivity contribution is 0.888. The lowest BCUT2D eigenvalue weighted by atomic mass is 9.94. The highest BCUT2D eigenvalue weighted by molar-refractivity contribution is 5.95. The molecule has 0 N–H and O–H groups in total. The lowest BCUT2D eigenvalue weighted by Crippen LogP contribution is -2.06. The monoisotopic (exact) mass is 639 g/mol. The SMILES string of the molecule is N#Cc1ccc2c(c1)c1c(n2-c2ccc(-c3cccc(-c4ccc(C#N)c(C#N)c4-n4c5c(c6ccccc64)CCC=C5)c3)cc2)CCC=C1. The molecule has 0 amide bonds. The van der Waals surface area contributed by atoms with Crippen LogP contribution in [0.25, 0.3) is 67.6 Å². The van der Waals surface area contributed by atoms with E-state index in [9.17, 15) is 15.8 Å². The number of hydrogen-bond donors (Lipinski definition) is 0. The normalized spacial score (nSPS) is 13.1. The third-order valence-corrected chi connectivity index (χ3v) is 10.2. The van der Waals surface area contributed by atoms with Crippen molar-refractivity contribution in [3.8, 4) is 51.8 Å². The Kier molecular flexibility index (Phi) is 6.84. The Bertz CT molecular complexity index is 2730. The van der Waals surface area contributed by atoms with Crippen molar-refractivity contribution in [2.75, 3.05) is 0 Å². The summed E-state index contributed by atoms with van der Waals surface area (Å²) in [6.45, 7) is 0. The molecule has 2 aliphatic carbocycles. The van der Waals surface area contributed by atoms with Crippen LogP contribution in [-0.2, 0) is 12.8 Å². The minimum atomic E-state index is 0.364. The van der Waals surface area contributed by atoms with Gasteiger partial charge >= 0.3 is 0 Å². The molecule has 0 bridgehead atoms. The number of rotatable bonds is 4. The minimum absolute atomic E-state index is 0.364.